The first kappa shape index (κ1) is 19.3. The number of nitrogens with one attached hydrogen (secondary N) is 2. The molecule has 6 nitrogen and oxygen atoms in total. The van der Waals surface area contributed by atoms with Gasteiger partial charge in [-0.1, -0.05) is 60.7 Å². The van der Waals surface area contributed by atoms with Gasteiger partial charge in [-0.2, -0.15) is 10.2 Å². The van der Waals surface area contributed by atoms with Gasteiger partial charge in [0.25, 0.3) is 0 Å². The molecule has 6 heteroatoms. The molecule has 2 rings (SSSR count). The predicted molar refractivity (Wildman–Crippen MR) is 100 cm³/mol. The first-order valence-electron chi connectivity index (χ1n) is 8.38. The lowest BCUT2D eigenvalue weighted by atomic mass is 10.0. The van der Waals surface area contributed by atoms with Gasteiger partial charge in [0.1, 0.15) is 0 Å². The molecule has 0 radical (unpaired) electrons. The quantitative estimate of drug-likeness (QED) is 0.781. The molecular formula is C20H24N4O2. The molecule has 2 aromatic rings. The zero-order chi connectivity index (χ0) is 19.2. The van der Waals surface area contributed by atoms with Crippen molar-refractivity contribution in [3.63, 3.8) is 0 Å². The van der Waals surface area contributed by atoms with E-state index in [0.29, 0.717) is 0 Å². The van der Waals surface area contributed by atoms with Crippen molar-refractivity contribution in [3.8, 4) is 0 Å². The van der Waals surface area contributed by atoms with E-state index < -0.39 is 11.3 Å². The lowest BCUT2D eigenvalue weighted by molar-refractivity contribution is -0.122. The van der Waals surface area contributed by atoms with Crippen molar-refractivity contribution in [2.45, 2.75) is 39.0 Å². The van der Waals surface area contributed by atoms with Crippen LogP contribution in [0.2, 0.25) is 0 Å². The van der Waals surface area contributed by atoms with Crippen LogP contribution < -0.4 is 10.6 Å². The van der Waals surface area contributed by atoms with E-state index in [1.807, 2.05) is 60.7 Å². The van der Waals surface area contributed by atoms with E-state index in [-0.39, 0.29) is 11.8 Å². The lowest BCUT2D eigenvalue weighted by Gasteiger charge is -2.30. The Hall–Kier alpha value is -3.02. The minimum atomic E-state index is -1.05. The third-order valence-electron chi connectivity index (χ3n) is 3.96. The summed E-state index contributed by atoms with van der Waals surface area (Å²) in [5, 5.41) is 14.6. The SMILES string of the molecule is CC(=O)NC(C)(N=NC(C)(NC(C)=O)c1ccccc1)c1ccccc1. The fourth-order valence-corrected chi connectivity index (χ4v) is 2.72. The summed E-state index contributed by atoms with van der Waals surface area (Å²) >= 11 is 0. The molecular weight excluding hydrogens is 328 g/mol. The zero-order valence-corrected chi connectivity index (χ0v) is 15.5. The van der Waals surface area contributed by atoms with Crippen LogP contribution in [-0.4, -0.2) is 11.8 Å². The molecule has 0 spiro atoms. The number of azo groups is 1. The van der Waals surface area contributed by atoms with Crippen molar-refractivity contribution in [1.82, 2.24) is 10.6 Å². The molecule has 0 heterocycles. The molecule has 0 aliphatic carbocycles. The summed E-state index contributed by atoms with van der Waals surface area (Å²) in [5.74, 6) is -0.451. The van der Waals surface area contributed by atoms with Crippen LogP contribution >= 0.6 is 0 Å². The van der Waals surface area contributed by atoms with E-state index in [1.54, 1.807) is 13.8 Å². The van der Waals surface area contributed by atoms with Gasteiger partial charge in [-0.15, -0.1) is 0 Å². The van der Waals surface area contributed by atoms with Crippen LogP contribution in [0, 0.1) is 0 Å². The largest absolute Gasteiger partial charge is 0.327 e. The van der Waals surface area contributed by atoms with Crippen LogP contribution in [0.5, 0.6) is 0 Å². The van der Waals surface area contributed by atoms with Crippen LogP contribution in [0.3, 0.4) is 0 Å². The molecule has 2 N–H and O–H groups in total. The number of rotatable bonds is 6. The van der Waals surface area contributed by atoms with E-state index in [2.05, 4.69) is 20.9 Å². The smallest absolute Gasteiger partial charge is 0.219 e. The van der Waals surface area contributed by atoms with E-state index in [4.69, 9.17) is 0 Å². The van der Waals surface area contributed by atoms with Gasteiger partial charge in [0, 0.05) is 25.0 Å². The highest BCUT2D eigenvalue weighted by Gasteiger charge is 2.32. The maximum Gasteiger partial charge on any atom is 0.219 e. The summed E-state index contributed by atoms with van der Waals surface area (Å²) in [6.45, 7) is 6.40. The lowest BCUT2D eigenvalue weighted by Crippen LogP contribution is -2.43. The number of carbonyl (C=O) groups excluding carboxylic acids is 2. The third kappa shape index (κ3) is 4.75. The Bertz CT molecular complexity index is 724. The molecule has 0 fully saturated rings. The number of hydrogen-bond donors (Lipinski definition) is 2. The van der Waals surface area contributed by atoms with Crippen molar-refractivity contribution >= 4 is 11.8 Å². The maximum absolute atomic E-state index is 11.7. The summed E-state index contributed by atoms with van der Waals surface area (Å²) in [5.41, 5.74) is -0.530. The van der Waals surface area contributed by atoms with E-state index in [0.717, 1.165) is 11.1 Å². The summed E-state index contributed by atoms with van der Waals surface area (Å²) in [4.78, 5) is 23.4. The van der Waals surface area contributed by atoms with Gasteiger partial charge in [-0.25, -0.2) is 0 Å². The number of nitrogens with zero attached hydrogens (tertiary/aromatic N) is 2. The highest BCUT2D eigenvalue weighted by molar-refractivity contribution is 5.74. The number of benzene rings is 2. The fourth-order valence-electron chi connectivity index (χ4n) is 2.72. The van der Waals surface area contributed by atoms with Gasteiger partial charge in [-0.05, 0) is 13.8 Å². The molecule has 0 bridgehead atoms. The average Bonchev–Trinajstić information content (AvgIpc) is 2.60. The second-order valence-corrected chi connectivity index (χ2v) is 6.44. The Morgan fingerprint density at radius 3 is 1.27 bits per heavy atom. The number of amides is 2. The van der Waals surface area contributed by atoms with Gasteiger partial charge in [0.2, 0.25) is 11.8 Å². The minimum Gasteiger partial charge on any atom is -0.327 e. The summed E-state index contributed by atoms with van der Waals surface area (Å²) in [7, 11) is 0. The predicted octanol–water partition coefficient (Wildman–Crippen LogP) is 3.46. The molecule has 2 unspecified atom stereocenters. The van der Waals surface area contributed by atoms with E-state index in [9.17, 15) is 9.59 Å². The summed E-state index contributed by atoms with van der Waals surface area (Å²) in [6.07, 6.45) is 0. The van der Waals surface area contributed by atoms with Crippen molar-refractivity contribution in [2.75, 3.05) is 0 Å². The van der Waals surface area contributed by atoms with Gasteiger partial charge >= 0.3 is 0 Å². The Morgan fingerprint density at radius 2 is 1.00 bits per heavy atom. The number of hydrogen-bond acceptors (Lipinski definition) is 4. The average molecular weight is 352 g/mol. The van der Waals surface area contributed by atoms with Crippen LogP contribution in [0.4, 0.5) is 0 Å². The zero-order valence-electron chi connectivity index (χ0n) is 15.5. The van der Waals surface area contributed by atoms with Crippen molar-refractivity contribution in [2.24, 2.45) is 10.2 Å². The monoisotopic (exact) mass is 352 g/mol. The molecule has 2 aromatic carbocycles. The van der Waals surface area contributed by atoms with Crippen molar-refractivity contribution < 1.29 is 9.59 Å². The van der Waals surface area contributed by atoms with Gasteiger partial charge in [0.05, 0.1) is 0 Å². The Labute approximate surface area is 153 Å². The first-order valence-corrected chi connectivity index (χ1v) is 8.38. The summed E-state index contributed by atoms with van der Waals surface area (Å²) in [6, 6.07) is 18.7. The van der Waals surface area contributed by atoms with Crippen LogP contribution in [0.25, 0.3) is 0 Å². The molecule has 2 amide bonds. The second-order valence-electron chi connectivity index (χ2n) is 6.44. The molecule has 0 saturated carbocycles. The first-order chi connectivity index (χ1) is 12.3. The second kappa shape index (κ2) is 7.91. The molecule has 26 heavy (non-hydrogen) atoms. The van der Waals surface area contributed by atoms with Crippen LogP contribution in [0.15, 0.2) is 70.9 Å². The van der Waals surface area contributed by atoms with E-state index in [1.165, 1.54) is 13.8 Å². The molecule has 0 aliphatic heterocycles. The van der Waals surface area contributed by atoms with Gasteiger partial charge in [0.15, 0.2) is 11.3 Å². The molecule has 2 atom stereocenters. The van der Waals surface area contributed by atoms with Crippen LogP contribution in [-0.2, 0) is 20.9 Å². The van der Waals surface area contributed by atoms with Gasteiger partial charge in [-0.3, -0.25) is 9.59 Å². The Morgan fingerprint density at radius 1 is 0.692 bits per heavy atom. The minimum absolute atomic E-state index is 0.226. The van der Waals surface area contributed by atoms with Crippen molar-refractivity contribution in [3.05, 3.63) is 71.8 Å². The maximum atomic E-state index is 11.7. The molecule has 0 aliphatic rings. The Balaban J connectivity index is 2.47. The standard InChI is InChI=1S/C20H24N4O2/c1-15(25)21-19(3,17-11-7-5-8-12-17)23-24-20(4,22-16(2)26)18-13-9-6-10-14-18/h5-14H,1-4H3,(H,21,25)(H,22,26). The highest BCUT2D eigenvalue weighted by Crippen LogP contribution is 2.28. The topological polar surface area (TPSA) is 82.9 Å². The number of carbonyl (C=O) groups is 2. The highest BCUT2D eigenvalue weighted by atomic mass is 16.2. The normalized spacial score (nSPS) is 15.7. The van der Waals surface area contributed by atoms with Gasteiger partial charge < -0.3 is 10.6 Å². The van der Waals surface area contributed by atoms with E-state index >= 15 is 0 Å². The Kier molecular flexibility index (Phi) is 5.87. The van der Waals surface area contributed by atoms with Crippen molar-refractivity contribution in [1.29, 1.82) is 0 Å². The molecule has 136 valence electrons. The van der Waals surface area contributed by atoms with Crippen LogP contribution in [0.1, 0.15) is 38.8 Å². The third-order valence-corrected chi connectivity index (χ3v) is 3.96. The molecule has 0 saturated heterocycles. The summed E-state index contributed by atoms with van der Waals surface area (Å²) < 4.78 is 0. The fraction of sp³-hybridized carbons (Fsp3) is 0.300. The molecule has 0 aromatic heterocycles.